The van der Waals surface area contributed by atoms with Gasteiger partial charge in [-0.25, -0.2) is 4.79 Å². The molecular weight excluding hydrogens is 372 g/mol. The number of ether oxygens (including phenoxy) is 1. The largest absolute Gasteiger partial charge is 0.497 e. The summed E-state index contributed by atoms with van der Waals surface area (Å²) in [6.45, 7) is 2.44. The minimum atomic E-state index is -0.0346. The third-order valence-corrected chi connectivity index (χ3v) is 5.89. The highest BCUT2D eigenvalue weighted by molar-refractivity contribution is 5.91. The van der Waals surface area contributed by atoms with Crippen LogP contribution in [-0.2, 0) is 18.4 Å². The van der Waals surface area contributed by atoms with E-state index in [1.54, 1.807) is 31.7 Å². The van der Waals surface area contributed by atoms with E-state index in [1.807, 2.05) is 22.8 Å². The maximum absolute atomic E-state index is 12.7. The number of carbonyl (C=O) groups excluding carboxylic acids is 1. The molecule has 0 bridgehead atoms. The van der Waals surface area contributed by atoms with Gasteiger partial charge in [-0.3, -0.25) is 13.9 Å². The van der Waals surface area contributed by atoms with Crippen LogP contribution in [0, 0.1) is 18.8 Å². The minimum Gasteiger partial charge on any atom is -0.497 e. The maximum Gasteiger partial charge on any atom is 0.328 e. The standard InChI is InChI=1S/C21H26N4O4/c1-13-10-19(23-29-13)22-20(26)15-6-4-14(5-7-15)12-25-18-11-16(28-3)8-9-17(18)24(2)21(25)27/h8-11,14-15H,4-7,12H2,1-3H3,(H,22,23,26). The highest BCUT2D eigenvalue weighted by Gasteiger charge is 2.28. The molecule has 1 amide bonds. The van der Waals surface area contributed by atoms with Gasteiger partial charge in [0.1, 0.15) is 11.5 Å². The van der Waals surface area contributed by atoms with Crippen molar-refractivity contribution in [1.82, 2.24) is 14.3 Å². The predicted octanol–water partition coefficient (Wildman–Crippen LogP) is 3.09. The zero-order valence-electron chi connectivity index (χ0n) is 17.0. The molecule has 1 aliphatic rings. The van der Waals surface area contributed by atoms with Crippen LogP contribution in [0.5, 0.6) is 5.75 Å². The third kappa shape index (κ3) is 3.79. The van der Waals surface area contributed by atoms with Crippen LogP contribution in [0.4, 0.5) is 5.82 Å². The number of aromatic nitrogens is 3. The molecule has 1 fully saturated rings. The molecule has 0 spiro atoms. The van der Waals surface area contributed by atoms with Crippen LogP contribution in [0.3, 0.4) is 0 Å². The Hall–Kier alpha value is -3.03. The molecule has 0 radical (unpaired) electrons. The Bertz CT molecular complexity index is 1090. The van der Waals surface area contributed by atoms with Crippen molar-refractivity contribution in [3.63, 3.8) is 0 Å². The Labute approximate surface area is 168 Å². The van der Waals surface area contributed by atoms with E-state index in [4.69, 9.17) is 9.26 Å². The van der Waals surface area contributed by atoms with Crippen molar-refractivity contribution in [2.75, 3.05) is 12.4 Å². The monoisotopic (exact) mass is 398 g/mol. The summed E-state index contributed by atoms with van der Waals surface area (Å²) in [7, 11) is 3.42. The van der Waals surface area contributed by atoms with E-state index in [9.17, 15) is 9.59 Å². The molecule has 0 unspecified atom stereocenters. The van der Waals surface area contributed by atoms with Crippen LogP contribution in [0.15, 0.2) is 33.6 Å². The Kier molecular flexibility index (Phi) is 5.17. The van der Waals surface area contributed by atoms with Crippen molar-refractivity contribution in [1.29, 1.82) is 0 Å². The molecule has 1 saturated carbocycles. The van der Waals surface area contributed by atoms with Crippen molar-refractivity contribution in [3.05, 3.63) is 40.5 Å². The van der Waals surface area contributed by atoms with Gasteiger partial charge >= 0.3 is 5.69 Å². The number of nitrogens with zero attached hydrogens (tertiary/aromatic N) is 3. The summed E-state index contributed by atoms with van der Waals surface area (Å²) in [5.41, 5.74) is 1.76. The Morgan fingerprint density at radius 1 is 1.24 bits per heavy atom. The number of hydrogen-bond donors (Lipinski definition) is 1. The zero-order chi connectivity index (χ0) is 20.5. The quantitative estimate of drug-likeness (QED) is 0.713. The van der Waals surface area contributed by atoms with Crippen LogP contribution in [0.1, 0.15) is 31.4 Å². The molecule has 1 N–H and O–H groups in total. The second kappa shape index (κ2) is 7.77. The Morgan fingerprint density at radius 2 is 2.00 bits per heavy atom. The lowest BCUT2D eigenvalue weighted by Gasteiger charge is -2.27. The number of fused-ring (bicyclic) bond motifs is 1. The van der Waals surface area contributed by atoms with E-state index in [0.717, 1.165) is 42.5 Å². The van der Waals surface area contributed by atoms with Gasteiger partial charge in [0, 0.05) is 31.6 Å². The second-order valence-corrected chi connectivity index (χ2v) is 7.84. The summed E-state index contributed by atoms with van der Waals surface area (Å²) in [6.07, 6.45) is 3.41. The van der Waals surface area contributed by atoms with Crippen LogP contribution in [0.25, 0.3) is 11.0 Å². The fourth-order valence-electron chi connectivity index (χ4n) is 4.21. The topological polar surface area (TPSA) is 91.3 Å². The maximum atomic E-state index is 12.7. The van der Waals surface area contributed by atoms with Gasteiger partial charge in [-0.2, -0.15) is 0 Å². The Balaban J connectivity index is 1.43. The number of benzene rings is 1. The van der Waals surface area contributed by atoms with Gasteiger partial charge < -0.3 is 14.6 Å². The molecule has 8 heteroatoms. The molecule has 1 aliphatic carbocycles. The van der Waals surface area contributed by atoms with Gasteiger partial charge in [-0.05, 0) is 50.7 Å². The van der Waals surface area contributed by atoms with Crippen molar-refractivity contribution in [2.45, 2.75) is 39.2 Å². The predicted molar refractivity (Wildman–Crippen MR) is 109 cm³/mol. The number of anilines is 1. The van der Waals surface area contributed by atoms with Crippen molar-refractivity contribution >= 4 is 22.8 Å². The first-order valence-electron chi connectivity index (χ1n) is 9.93. The van der Waals surface area contributed by atoms with Crippen molar-refractivity contribution in [3.8, 4) is 5.75 Å². The number of aryl methyl sites for hydroxylation is 2. The van der Waals surface area contributed by atoms with Crippen molar-refractivity contribution in [2.24, 2.45) is 18.9 Å². The first-order chi connectivity index (χ1) is 14.0. The normalized spacial score (nSPS) is 19.4. The number of hydrogen-bond acceptors (Lipinski definition) is 5. The van der Waals surface area contributed by atoms with Crippen LogP contribution in [0.2, 0.25) is 0 Å². The van der Waals surface area contributed by atoms with Gasteiger partial charge in [0.05, 0.1) is 18.1 Å². The fraction of sp³-hybridized carbons (Fsp3) is 0.476. The highest BCUT2D eigenvalue weighted by atomic mass is 16.5. The smallest absolute Gasteiger partial charge is 0.328 e. The van der Waals surface area contributed by atoms with Crippen LogP contribution in [-0.4, -0.2) is 27.3 Å². The van der Waals surface area contributed by atoms with Gasteiger partial charge in [0.2, 0.25) is 5.91 Å². The van der Waals surface area contributed by atoms with E-state index in [-0.39, 0.29) is 17.5 Å². The SMILES string of the molecule is COc1ccc2c(c1)n(CC1CCC(C(=O)Nc3cc(C)on3)CC1)c(=O)n2C. The summed E-state index contributed by atoms with van der Waals surface area (Å²) >= 11 is 0. The first-order valence-corrected chi connectivity index (χ1v) is 9.93. The highest BCUT2D eigenvalue weighted by Crippen LogP contribution is 2.31. The lowest BCUT2D eigenvalue weighted by molar-refractivity contribution is -0.121. The molecule has 29 heavy (non-hydrogen) atoms. The van der Waals surface area contributed by atoms with E-state index in [2.05, 4.69) is 10.5 Å². The van der Waals surface area contributed by atoms with Crippen LogP contribution < -0.4 is 15.7 Å². The van der Waals surface area contributed by atoms with E-state index >= 15 is 0 Å². The summed E-state index contributed by atoms with van der Waals surface area (Å²) in [5.74, 6) is 2.19. The summed E-state index contributed by atoms with van der Waals surface area (Å²) < 4.78 is 13.8. The van der Waals surface area contributed by atoms with Crippen LogP contribution >= 0.6 is 0 Å². The summed E-state index contributed by atoms with van der Waals surface area (Å²) in [4.78, 5) is 25.2. The second-order valence-electron chi connectivity index (χ2n) is 7.84. The zero-order valence-corrected chi connectivity index (χ0v) is 17.0. The molecule has 4 rings (SSSR count). The number of rotatable bonds is 5. The molecule has 154 valence electrons. The first kappa shape index (κ1) is 19.3. The summed E-state index contributed by atoms with van der Waals surface area (Å²) in [6, 6.07) is 7.41. The lowest BCUT2D eigenvalue weighted by atomic mass is 9.81. The third-order valence-electron chi connectivity index (χ3n) is 5.89. The Morgan fingerprint density at radius 3 is 2.66 bits per heavy atom. The lowest BCUT2D eigenvalue weighted by Crippen LogP contribution is -2.31. The van der Waals surface area contributed by atoms with E-state index < -0.39 is 0 Å². The molecule has 0 aliphatic heterocycles. The van der Waals surface area contributed by atoms with E-state index in [1.165, 1.54) is 0 Å². The van der Waals surface area contributed by atoms with Gasteiger partial charge in [-0.1, -0.05) is 5.16 Å². The molecule has 2 heterocycles. The molecule has 3 aromatic rings. The number of nitrogens with one attached hydrogen (secondary N) is 1. The average Bonchev–Trinajstić information content (AvgIpc) is 3.24. The average molecular weight is 398 g/mol. The fourth-order valence-corrected chi connectivity index (χ4v) is 4.21. The molecular formula is C21H26N4O4. The number of amides is 1. The summed E-state index contributed by atoms with van der Waals surface area (Å²) in [5, 5.41) is 6.65. The van der Waals surface area contributed by atoms with E-state index in [0.29, 0.717) is 24.0 Å². The molecule has 0 saturated heterocycles. The number of imidazole rings is 1. The molecule has 1 aromatic carbocycles. The number of carbonyl (C=O) groups is 1. The molecule has 8 nitrogen and oxygen atoms in total. The number of methoxy groups -OCH3 is 1. The molecule has 2 aromatic heterocycles. The molecule has 0 atom stereocenters. The van der Waals surface area contributed by atoms with Gasteiger partial charge in [0.15, 0.2) is 5.82 Å². The van der Waals surface area contributed by atoms with Crippen molar-refractivity contribution < 1.29 is 14.1 Å². The minimum absolute atomic E-state index is 0.0104. The van der Waals surface area contributed by atoms with Gasteiger partial charge in [-0.15, -0.1) is 0 Å². The van der Waals surface area contributed by atoms with Gasteiger partial charge in [0.25, 0.3) is 0 Å².